The second-order valence-corrected chi connectivity index (χ2v) is 6.25. The predicted molar refractivity (Wildman–Crippen MR) is 81.7 cm³/mol. The van der Waals surface area contributed by atoms with Gasteiger partial charge in [-0.15, -0.1) is 0 Å². The number of aryl methyl sites for hydroxylation is 1. The molecular weight excluding hydrogens is 266 g/mol. The van der Waals surface area contributed by atoms with Crippen LogP contribution in [0.4, 0.5) is 0 Å². The van der Waals surface area contributed by atoms with Crippen LogP contribution in [-0.2, 0) is 6.42 Å². The fourth-order valence-electron chi connectivity index (χ4n) is 3.23. The molecule has 3 rings (SSSR count). The van der Waals surface area contributed by atoms with Crippen LogP contribution >= 0.6 is 0 Å². The first-order chi connectivity index (χ1) is 10.2. The quantitative estimate of drug-likeness (QED) is 0.875. The predicted octanol–water partition coefficient (Wildman–Crippen LogP) is 2.63. The van der Waals surface area contributed by atoms with E-state index in [-0.39, 0.29) is 12.1 Å². The summed E-state index contributed by atoms with van der Waals surface area (Å²) in [5.41, 5.74) is 1.28. The van der Waals surface area contributed by atoms with E-state index in [1.54, 1.807) is 0 Å². The molecule has 0 aromatic heterocycles. The summed E-state index contributed by atoms with van der Waals surface area (Å²) in [6.45, 7) is 2.53. The minimum absolute atomic E-state index is 0.174. The Morgan fingerprint density at radius 1 is 1.24 bits per heavy atom. The van der Waals surface area contributed by atoms with Crippen molar-refractivity contribution in [3.63, 3.8) is 0 Å². The van der Waals surface area contributed by atoms with Crippen LogP contribution in [0.1, 0.15) is 44.6 Å². The fourth-order valence-corrected chi connectivity index (χ4v) is 3.23. The highest BCUT2D eigenvalue weighted by atomic mass is 16.7. The molecular formula is C17H25NO3. The summed E-state index contributed by atoms with van der Waals surface area (Å²) < 4.78 is 10.7. The Morgan fingerprint density at radius 3 is 2.90 bits per heavy atom. The van der Waals surface area contributed by atoms with Crippen molar-refractivity contribution in [2.45, 2.75) is 63.6 Å². The Balaban J connectivity index is 1.48. The minimum Gasteiger partial charge on any atom is -0.454 e. The van der Waals surface area contributed by atoms with Crippen LogP contribution in [-0.4, -0.2) is 30.1 Å². The Labute approximate surface area is 126 Å². The summed E-state index contributed by atoms with van der Waals surface area (Å²) in [5, 5.41) is 13.6. The molecule has 4 nitrogen and oxygen atoms in total. The van der Waals surface area contributed by atoms with E-state index < -0.39 is 0 Å². The number of rotatable bonds is 5. The first-order valence-corrected chi connectivity index (χ1v) is 8.05. The number of nitrogens with one attached hydrogen (secondary N) is 1. The van der Waals surface area contributed by atoms with Gasteiger partial charge in [-0.1, -0.05) is 18.9 Å². The van der Waals surface area contributed by atoms with Crippen LogP contribution < -0.4 is 14.8 Å². The van der Waals surface area contributed by atoms with Gasteiger partial charge in [-0.25, -0.2) is 0 Å². The summed E-state index contributed by atoms with van der Waals surface area (Å²) in [6.07, 6.45) is 6.30. The zero-order valence-corrected chi connectivity index (χ0v) is 12.7. The van der Waals surface area contributed by atoms with Crippen molar-refractivity contribution in [2.24, 2.45) is 0 Å². The van der Waals surface area contributed by atoms with Gasteiger partial charge in [-0.3, -0.25) is 0 Å². The molecule has 116 valence electrons. The van der Waals surface area contributed by atoms with E-state index in [9.17, 15) is 5.11 Å². The maximum Gasteiger partial charge on any atom is 0.231 e. The highest BCUT2D eigenvalue weighted by Gasteiger charge is 2.23. The first-order valence-electron chi connectivity index (χ1n) is 8.05. The van der Waals surface area contributed by atoms with Crippen LogP contribution in [0.3, 0.4) is 0 Å². The fraction of sp³-hybridized carbons (Fsp3) is 0.647. The molecule has 21 heavy (non-hydrogen) atoms. The molecule has 2 N–H and O–H groups in total. The second kappa shape index (κ2) is 6.67. The van der Waals surface area contributed by atoms with Gasteiger partial charge >= 0.3 is 0 Å². The number of aliphatic hydroxyl groups is 1. The lowest BCUT2D eigenvalue weighted by atomic mass is 9.91. The molecule has 3 unspecified atom stereocenters. The molecule has 1 fully saturated rings. The van der Waals surface area contributed by atoms with Crippen molar-refractivity contribution in [2.75, 3.05) is 6.79 Å². The molecule has 1 heterocycles. The molecule has 1 aliphatic heterocycles. The molecule has 1 aliphatic carbocycles. The van der Waals surface area contributed by atoms with Gasteiger partial charge in [0.05, 0.1) is 6.10 Å². The van der Waals surface area contributed by atoms with Crippen molar-refractivity contribution in [3.05, 3.63) is 23.8 Å². The average Bonchev–Trinajstić information content (AvgIpc) is 2.95. The van der Waals surface area contributed by atoms with Crippen LogP contribution in [0.25, 0.3) is 0 Å². The molecule has 1 aromatic carbocycles. The van der Waals surface area contributed by atoms with Gasteiger partial charge in [0, 0.05) is 12.1 Å². The standard InChI is InChI=1S/C17H25NO3/c1-12(18-14-4-2-3-5-15(14)19)6-7-13-8-9-16-17(10-13)21-11-20-16/h8-10,12,14-15,18-19H,2-7,11H2,1H3. The SMILES string of the molecule is CC(CCc1ccc2c(c1)OCO2)NC1CCCCC1O. The van der Waals surface area contributed by atoms with Gasteiger partial charge in [0.25, 0.3) is 0 Å². The van der Waals surface area contributed by atoms with Crippen LogP contribution in [0.15, 0.2) is 18.2 Å². The van der Waals surface area contributed by atoms with Gasteiger partial charge in [0.2, 0.25) is 6.79 Å². The summed E-state index contributed by atoms with van der Waals surface area (Å²) >= 11 is 0. The Morgan fingerprint density at radius 2 is 2.05 bits per heavy atom. The zero-order chi connectivity index (χ0) is 14.7. The third-order valence-electron chi connectivity index (χ3n) is 4.53. The van der Waals surface area contributed by atoms with E-state index in [0.29, 0.717) is 12.8 Å². The maximum absolute atomic E-state index is 10.0. The normalized spacial score (nSPS) is 25.8. The number of benzene rings is 1. The molecule has 0 radical (unpaired) electrons. The number of hydrogen-bond donors (Lipinski definition) is 2. The van der Waals surface area contributed by atoms with Gasteiger partial charge in [-0.2, -0.15) is 0 Å². The topological polar surface area (TPSA) is 50.7 Å². The molecule has 4 heteroatoms. The minimum atomic E-state index is -0.174. The smallest absolute Gasteiger partial charge is 0.231 e. The molecule has 0 spiro atoms. The van der Waals surface area contributed by atoms with E-state index in [1.165, 1.54) is 12.0 Å². The van der Waals surface area contributed by atoms with Gasteiger partial charge in [-0.05, 0) is 50.3 Å². The van der Waals surface area contributed by atoms with E-state index >= 15 is 0 Å². The average molecular weight is 291 g/mol. The Kier molecular flexibility index (Phi) is 4.66. The highest BCUT2D eigenvalue weighted by Crippen LogP contribution is 2.32. The van der Waals surface area contributed by atoms with Crippen molar-refractivity contribution in [3.8, 4) is 11.5 Å². The number of aliphatic hydroxyl groups excluding tert-OH is 1. The van der Waals surface area contributed by atoms with Gasteiger partial charge < -0.3 is 19.9 Å². The van der Waals surface area contributed by atoms with Crippen molar-refractivity contribution in [1.82, 2.24) is 5.32 Å². The molecule has 2 aliphatic rings. The number of fused-ring (bicyclic) bond motifs is 1. The first kappa shape index (κ1) is 14.7. The van der Waals surface area contributed by atoms with Crippen molar-refractivity contribution < 1.29 is 14.6 Å². The summed E-state index contributed by atoms with van der Waals surface area (Å²) in [6, 6.07) is 6.85. The van der Waals surface area contributed by atoms with E-state index in [4.69, 9.17) is 9.47 Å². The van der Waals surface area contributed by atoms with Crippen LogP contribution in [0.2, 0.25) is 0 Å². The van der Waals surface area contributed by atoms with Gasteiger partial charge in [0.15, 0.2) is 11.5 Å². The lowest BCUT2D eigenvalue weighted by Crippen LogP contribution is -2.46. The van der Waals surface area contributed by atoms with Crippen LogP contribution in [0.5, 0.6) is 11.5 Å². The molecule has 0 amide bonds. The van der Waals surface area contributed by atoms with Crippen molar-refractivity contribution >= 4 is 0 Å². The molecule has 0 bridgehead atoms. The molecule has 0 saturated heterocycles. The highest BCUT2D eigenvalue weighted by molar-refractivity contribution is 5.44. The van der Waals surface area contributed by atoms with E-state index in [2.05, 4.69) is 24.4 Å². The lowest BCUT2D eigenvalue weighted by Gasteiger charge is -2.31. The van der Waals surface area contributed by atoms with E-state index in [1.807, 2.05) is 6.07 Å². The van der Waals surface area contributed by atoms with Crippen LogP contribution in [0, 0.1) is 0 Å². The third kappa shape index (κ3) is 3.69. The Bertz CT molecular complexity index is 477. The largest absolute Gasteiger partial charge is 0.454 e. The maximum atomic E-state index is 10.0. The van der Waals surface area contributed by atoms with Gasteiger partial charge in [0.1, 0.15) is 0 Å². The Hall–Kier alpha value is -1.26. The zero-order valence-electron chi connectivity index (χ0n) is 12.7. The molecule has 1 saturated carbocycles. The third-order valence-corrected chi connectivity index (χ3v) is 4.53. The summed E-state index contributed by atoms with van der Waals surface area (Å²) in [4.78, 5) is 0. The molecule has 1 aromatic rings. The summed E-state index contributed by atoms with van der Waals surface area (Å²) in [5.74, 6) is 1.70. The van der Waals surface area contributed by atoms with E-state index in [0.717, 1.165) is 43.6 Å². The molecule has 3 atom stereocenters. The number of hydrogen-bond acceptors (Lipinski definition) is 4. The summed E-state index contributed by atoms with van der Waals surface area (Å²) in [7, 11) is 0. The lowest BCUT2D eigenvalue weighted by molar-refractivity contribution is 0.0854. The monoisotopic (exact) mass is 291 g/mol. The number of ether oxygens (including phenoxy) is 2. The van der Waals surface area contributed by atoms with Crippen molar-refractivity contribution in [1.29, 1.82) is 0 Å². The second-order valence-electron chi connectivity index (χ2n) is 6.25.